The monoisotopic (exact) mass is 741 g/mol. The zero-order valence-electron chi connectivity index (χ0n) is 30.9. The maximum Gasteiger partial charge on any atom is 0.242 e. The topological polar surface area (TPSA) is 214 Å². The van der Waals surface area contributed by atoms with Gasteiger partial charge in [0.25, 0.3) is 0 Å². The fourth-order valence-electron chi connectivity index (χ4n) is 6.05. The summed E-state index contributed by atoms with van der Waals surface area (Å²) in [5, 5.41) is 12.9. The molecule has 1 unspecified atom stereocenters. The van der Waals surface area contributed by atoms with Crippen LogP contribution in [0.4, 0.5) is 0 Å². The molecule has 0 radical (unpaired) electrons. The minimum Gasteiger partial charge on any atom is -0.383 e. The van der Waals surface area contributed by atoms with Gasteiger partial charge in [-0.2, -0.15) is 11.8 Å². The van der Waals surface area contributed by atoms with Crippen molar-refractivity contribution in [1.82, 2.24) is 36.0 Å². The van der Waals surface area contributed by atoms with E-state index in [1.54, 1.807) is 0 Å². The molecule has 2 heterocycles. The Morgan fingerprint density at radius 3 is 2.25 bits per heavy atom. The second kappa shape index (κ2) is 25.0. The third kappa shape index (κ3) is 17.3. The van der Waals surface area contributed by atoms with Crippen LogP contribution in [0.2, 0.25) is 0 Å². The molecular formula is C34H63N9O7S. The number of primary amides is 1. The molecule has 0 bridgehead atoms. The van der Waals surface area contributed by atoms with Crippen molar-refractivity contribution in [3.63, 3.8) is 0 Å². The molecule has 0 aromatic carbocycles. The van der Waals surface area contributed by atoms with Crippen LogP contribution in [0.3, 0.4) is 0 Å². The average molecular weight is 742 g/mol. The van der Waals surface area contributed by atoms with Gasteiger partial charge in [-0.15, -0.1) is 0 Å². The van der Waals surface area contributed by atoms with Crippen LogP contribution in [0.25, 0.3) is 0 Å². The standard InChI is InChI=1S/C34H63N9O7S/c1-25-38-27-24-51-28(33(27)39-25)12-5-6-13-29(44)37-15-9-7-11-26(34(36)48)40-30(45)21-42(17-19-49-3)32(47)23-43(18-20-50-4)31(46)22-41(2)16-10-8-14-35/h26-28,33,38-39H,1,5-24,35H2,2-4H3,(H2,36,48)(H,37,44)(H,40,45)/t26-,27-,28?,33-/m0/s1. The number of hydrogen-bond donors (Lipinski definition) is 6. The van der Waals surface area contributed by atoms with E-state index in [1.165, 1.54) is 24.0 Å². The van der Waals surface area contributed by atoms with E-state index in [0.717, 1.165) is 43.7 Å². The van der Waals surface area contributed by atoms with Gasteiger partial charge < -0.3 is 52.0 Å². The highest BCUT2D eigenvalue weighted by Crippen LogP contribution is 2.34. The van der Waals surface area contributed by atoms with Gasteiger partial charge in [0.15, 0.2) is 0 Å². The second-order valence-electron chi connectivity index (χ2n) is 13.2. The summed E-state index contributed by atoms with van der Waals surface area (Å²) in [6.07, 6.45) is 6.48. The maximum atomic E-state index is 13.4. The number of methoxy groups -OCH3 is 2. The molecule has 2 rings (SSSR count). The largest absolute Gasteiger partial charge is 0.383 e. The van der Waals surface area contributed by atoms with E-state index in [2.05, 4.69) is 27.8 Å². The fourth-order valence-corrected chi connectivity index (χ4v) is 7.60. The Hall–Kier alpha value is -3.12. The molecule has 2 aliphatic rings. The van der Waals surface area contributed by atoms with Gasteiger partial charge in [-0.1, -0.05) is 13.0 Å². The highest BCUT2D eigenvalue weighted by Gasteiger charge is 2.40. The molecule has 4 atom stereocenters. The molecule has 2 saturated heterocycles. The minimum atomic E-state index is -0.933. The highest BCUT2D eigenvalue weighted by atomic mass is 32.2. The Labute approximate surface area is 307 Å². The Morgan fingerprint density at radius 2 is 1.59 bits per heavy atom. The van der Waals surface area contributed by atoms with Gasteiger partial charge in [-0.3, -0.25) is 28.9 Å². The number of thioether (sulfide) groups is 1. The van der Waals surface area contributed by atoms with Crippen LogP contribution in [0, 0.1) is 0 Å². The predicted molar refractivity (Wildman–Crippen MR) is 198 cm³/mol. The molecular weight excluding hydrogens is 678 g/mol. The molecule has 0 aromatic heterocycles. The zero-order chi connectivity index (χ0) is 37.6. The number of amides is 5. The Kier molecular flexibility index (Phi) is 21.6. The Morgan fingerprint density at radius 1 is 0.902 bits per heavy atom. The van der Waals surface area contributed by atoms with E-state index in [9.17, 15) is 24.0 Å². The van der Waals surface area contributed by atoms with E-state index in [0.29, 0.717) is 56.2 Å². The SMILES string of the molecule is C=C1N[C@H]2CSC(CCCCC(=O)NCCCC[C@H](NC(=O)CN(CCOC)C(=O)CN(CCOC)C(=O)CN(C)CCCCN)C(N)=O)[C@H]2N1. The summed E-state index contributed by atoms with van der Waals surface area (Å²) in [5.74, 6) is 0.0531. The van der Waals surface area contributed by atoms with Crippen molar-refractivity contribution in [2.24, 2.45) is 11.5 Å². The van der Waals surface area contributed by atoms with Crippen LogP contribution < -0.4 is 32.7 Å². The number of carbonyl (C=O) groups is 5. The molecule has 0 spiro atoms. The van der Waals surface area contributed by atoms with Crippen molar-refractivity contribution >= 4 is 41.3 Å². The molecule has 17 heteroatoms. The molecule has 16 nitrogen and oxygen atoms in total. The number of nitrogens with one attached hydrogen (secondary N) is 4. The molecule has 8 N–H and O–H groups in total. The van der Waals surface area contributed by atoms with Crippen molar-refractivity contribution in [3.05, 3.63) is 12.4 Å². The van der Waals surface area contributed by atoms with Gasteiger partial charge in [0.2, 0.25) is 29.5 Å². The Bertz CT molecular complexity index is 1120. The van der Waals surface area contributed by atoms with Gasteiger partial charge in [0.1, 0.15) is 6.04 Å². The van der Waals surface area contributed by atoms with Crippen molar-refractivity contribution in [3.8, 4) is 0 Å². The summed E-state index contributed by atoms with van der Waals surface area (Å²) in [5.41, 5.74) is 11.2. The quantitative estimate of drug-likeness (QED) is 0.0530. The lowest BCUT2D eigenvalue weighted by Crippen LogP contribution is -2.52. The van der Waals surface area contributed by atoms with Gasteiger partial charge >= 0.3 is 0 Å². The van der Waals surface area contributed by atoms with Crippen LogP contribution in [0.5, 0.6) is 0 Å². The van der Waals surface area contributed by atoms with Crippen molar-refractivity contribution in [1.29, 1.82) is 0 Å². The lowest BCUT2D eigenvalue weighted by Gasteiger charge is -2.29. The van der Waals surface area contributed by atoms with Crippen LogP contribution in [-0.4, -0.2) is 160 Å². The lowest BCUT2D eigenvalue weighted by molar-refractivity contribution is -0.143. The maximum absolute atomic E-state index is 13.4. The van der Waals surface area contributed by atoms with Gasteiger partial charge in [0.05, 0.1) is 50.8 Å². The number of likely N-dealkylation sites (N-methyl/N-ethyl adjacent to an activating group) is 1. The first-order valence-corrected chi connectivity index (χ1v) is 19.1. The highest BCUT2D eigenvalue weighted by molar-refractivity contribution is 8.00. The normalized spacial score (nSPS) is 18.5. The van der Waals surface area contributed by atoms with Crippen molar-refractivity contribution in [2.75, 3.05) is 92.6 Å². The van der Waals surface area contributed by atoms with Crippen LogP contribution in [-0.2, 0) is 33.4 Å². The third-order valence-corrected chi connectivity index (χ3v) is 10.5. The molecule has 5 amide bonds. The number of ether oxygens (including phenoxy) is 2. The second-order valence-corrected chi connectivity index (χ2v) is 14.5. The fraction of sp³-hybridized carbons (Fsp3) is 0.794. The first-order valence-electron chi connectivity index (χ1n) is 18.1. The van der Waals surface area contributed by atoms with Gasteiger partial charge in [-0.05, 0) is 65.1 Å². The third-order valence-electron chi connectivity index (χ3n) is 8.98. The van der Waals surface area contributed by atoms with Crippen LogP contribution in [0.15, 0.2) is 12.4 Å². The van der Waals surface area contributed by atoms with E-state index >= 15 is 0 Å². The number of nitrogens with two attached hydrogens (primary N) is 2. The summed E-state index contributed by atoms with van der Waals surface area (Å²) in [7, 11) is 4.83. The zero-order valence-corrected chi connectivity index (χ0v) is 31.7. The molecule has 292 valence electrons. The lowest BCUT2D eigenvalue weighted by atomic mass is 10.0. The first-order chi connectivity index (χ1) is 24.5. The number of rotatable bonds is 28. The van der Waals surface area contributed by atoms with Gasteiger partial charge in [0, 0.05) is 51.3 Å². The number of hydrogen-bond acceptors (Lipinski definition) is 12. The molecule has 0 aliphatic carbocycles. The van der Waals surface area contributed by atoms with E-state index < -0.39 is 23.8 Å². The first kappa shape index (κ1) is 44.0. The molecule has 2 aliphatic heterocycles. The number of nitrogens with zero attached hydrogens (tertiary/aromatic N) is 3. The van der Waals surface area contributed by atoms with Gasteiger partial charge in [-0.25, -0.2) is 0 Å². The average Bonchev–Trinajstić information content (AvgIpc) is 3.64. The summed E-state index contributed by atoms with van der Waals surface area (Å²) in [6.45, 7) is 5.97. The molecule has 2 fully saturated rings. The number of carbonyl (C=O) groups excluding carboxylic acids is 5. The number of fused-ring (bicyclic) bond motifs is 1. The summed E-state index contributed by atoms with van der Waals surface area (Å²) < 4.78 is 10.3. The minimum absolute atomic E-state index is 0.00132. The molecule has 0 saturated carbocycles. The summed E-state index contributed by atoms with van der Waals surface area (Å²) in [4.78, 5) is 68.6. The summed E-state index contributed by atoms with van der Waals surface area (Å²) in [6, 6.07) is -0.0771. The molecule has 0 aromatic rings. The van der Waals surface area contributed by atoms with E-state index in [4.69, 9.17) is 20.9 Å². The van der Waals surface area contributed by atoms with E-state index in [-0.39, 0.29) is 64.2 Å². The van der Waals surface area contributed by atoms with Crippen molar-refractivity contribution in [2.45, 2.75) is 81.2 Å². The van der Waals surface area contributed by atoms with Crippen LogP contribution in [0.1, 0.15) is 57.8 Å². The van der Waals surface area contributed by atoms with Crippen molar-refractivity contribution < 1.29 is 33.4 Å². The Balaban J connectivity index is 1.75. The molecule has 51 heavy (non-hydrogen) atoms. The smallest absolute Gasteiger partial charge is 0.242 e. The van der Waals surface area contributed by atoms with E-state index in [1.807, 2.05) is 23.7 Å². The predicted octanol–water partition coefficient (Wildman–Crippen LogP) is -1.06. The summed E-state index contributed by atoms with van der Waals surface area (Å²) >= 11 is 1.97. The van der Waals surface area contributed by atoms with Crippen LogP contribution >= 0.6 is 11.8 Å². The number of unbranched alkanes of at least 4 members (excludes halogenated alkanes) is 3.